The zero-order valence-electron chi connectivity index (χ0n) is 9.06. The fourth-order valence-corrected chi connectivity index (χ4v) is 1.82. The van der Waals surface area contributed by atoms with Crippen molar-refractivity contribution in [1.29, 1.82) is 0 Å². The second-order valence-electron chi connectivity index (χ2n) is 3.04. The number of aromatic nitrogens is 2. The molecule has 1 heterocycles. The van der Waals surface area contributed by atoms with E-state index < -0.39 is 34.4 Å². The molecule has 1 aromatic rings. The van der Waals surface area contributed by atoms with E-state index in [1.807, 2.05) is 0 Å². The Morgan fingerprint density at radius 2 is 1.89 bits per heavy atom. The van der Waals surface area contributed by atoms with E-state index in [4.69, 9.17) is 0 Å². The number of methoxy groups -OCH3 is 1. The van der Waals surface area contributed by atoms with Gasteiger partial charge in [-0.3, -0.25) is 5.10 Å². The van der Waals surface area contributed by atoms with Crippen LogP contribution in [0, 0.1) is 0 Å². The molecule has 18 heavy (non-hydrogen) atoms. The van der Waals surface area contributed by atoms with Crippen LogP contribution in [0.1, 0.15) is 16.2 Å². The van der Waals surface area contributed by atoms with Gasteiger partial charge in [0.15, 0.2) is 5.69 Å². The van der Waals surface area contributed by atoms with Crippen molar-refractivity contribution in [2.45, 2.75) is 17.0 Å². The third-order valence-corrected chi connectivity index (χ3v) is 2.78. The number of nitrogens with one attached hydrogen (secondary N) is 1. The number of aromatic amines is 1. The summed E-state index contributed by atoms with van der Waals surface area (Å²) in [6.07, 6.45) is -4.54. The number of ether oxygens (including phenoxy) is 1. The van der Waals surface area contributed by atoms with Crippen LogP contribution in [-0.2, 0) is 10.7 Å². The number of rotatable bonds is 3. The lowest BCUT2D eigenvalue weighted by molar-refractivity contribution is -0.291. The van der Waals surface area contributed by atoms with Gasteiger partial charge in [-0.05, 0) is 6.26 Å². The highest BCUT2D eigenvalue weighted by Crippen LogP contribution is 2.46. The van der Waals surface area contributed by atoms with Crippen molar-refractivity contribution in [3.05, 3.63) is 11.4 Å². The van der Waals surface area contributed by atoms with Crippen LogP contribution in [0.4, 0.5) is 22.0 Å². The van der Waals surface area contributed by atoms with Crippen molar-refractivity contribution < 1.29 is 31.5 Å². The van der Waals surface area contributed by atoms with E-state index in [0.717, 1.165) is 7.11 Å². The molecule has 0 atom stereocenters. The maximum Gasteiger partial charge on any atom is 0.459 e. The number of carbonyl (C=O) groups excluding carboxylic acids is 1. The number of H-pyrrole nitrogens is 1. The summed E-state index contributed by atoms with van der Waals surface area (Å²) in [7, 11) is 0.961. The predicted molar refractivity (Wildman–Crippen MR) is 51.7 cm³/mol. The SMILES string of the molecule is COC(=O)c1n[nH]c(C(F)(F)C(F)(F)F)c1SC. The smallest absolute Gasteiger partial charge is 0.459 e. The maximum atomic E-state index is 13.1. The molecule has 0 radical (unpaired) electrons. The molecule has 0 saturated heterocycles. The lowest BCUT2D eigenvalue weighted by Crippen LogP contribution is -2.34. The molecule has 0 aliphatic heterocycles. The van der Waals surface area contributed by atoms with Gasteiger partial charge < -0.3 is 4.74 Å². The monoisotopic (exact) mass is 290 g/mol. The number of hydrogen-bond donors (Lipinski definition) is 1. The molecule has 0 saturated carbocycles. The first-order valence-corrected chi connectivity index (χ1v) is 5.55. The number of nitrogens with zero attached hydrogens (tertiary/aromatic N) is 1. The van der Waals surface area contributed by atoms with Crippen molar-refractivity contribution >= 4 is 17.7 Å². The van der Waals surface area contributed by atoms with Gasteiger partial charge in [0, 0.05) is 0 Å². The van der Waals surface area contributed by atoms with E-state index in [0.29, 0.717) is 11.8 Å². The molecular weight excluding hydrogens is 283 g/mol. The summed E-state index contributed by atoms with van der Waals surface area (Å²) in [6, 6.07) is 0. The molecular formula is C8H7F5N2O2S. The van der Waals surface area contributed by atoms with Crippen molar-refractivity contribution in [2.75, 3.05) is 13.4 Å². The topological polar surface area (TPSA) is 55.0 Å². The van der Waals surface area contributed by atoms with Crippen molar-refractivity contribution in [3.8, 4) is 0 Å². The van der Waals surface area contributed by atoms with Crippen LogP contribution in [0.25, 0.3) is 0 Å². The van der Waals surface area contributed by atoms with Gasteiger partial charge in [-0.2, -0.15) is 27.1 Å². The highest BCUT2D eigenvalue weighted by molar-refractivity contribution is 7.98. The van der Waals surface area contributed by atoms with Crippen molar-refractivity contribution in [3.63, 3.8) is 0 Å². The van der Waals surface area contributed by atoms with Crippen LogP contribution in [0.5, 0.6) is 0 Å². The Morgan fingerprint density at radius 1 is 1.33 bits per heavy atom. The number of carbonyl (C=O) groups is 1. The van der Waals surface area contributed by atoms with Crippen LogP contribution in [0.2, 0.25) is 0 Å². The predicted octanol–water partition coefficient (Wildman–Crippen LogP) is 2.57. The second kappa shape index (κ2) is 4.75. The van der Waals surface area contributed by atoms with Crippen LogP contribution >= 0.6 is 11.8 Å². The number of thioether (sulfide) groups is 1. The molecule has 10 heteroatoms. The van der Waals surface area contributed by atoms with E-state index in [9.17, 15) is 26.7 Å². The highest BCUT2D eigenvalue weighted by Gasteiger charge is 2.61. The number of esters is 1. The molecule has 1 aromatic heterocycles. The lowest BCUT2D eigenvalue weighted by atomic mass is 10.2. The molecule has 0 amide bonds. The average Bonchev–Trinajstić information content (AvgIpc) is 2.70. The summed E-state index contributed by atoms with van der Waals surface area (Å²) in [4.78, 5) is 10.5. The maximum absolute atomic E-state index is 13.1. The van der Waals surface area contributed by atoms with Gasteiger partial charge in [-0.1, -0.05) is 0 Å². The number of alkyl halides is 5. The fourth-order valence-electron chi connectivity index (χ4n) is 1.12. The van der Waals surface area contributed by atoms with Gasteiger partial charge in [0.05, 0.1) is 12.0 Å². The molecule has 0 bridgehead atoms. The molecule has 0 unspecified atom stereocenters. The summed E-state index contributed by atoms with van der Waals surface area (Å²) in [5, 5.41) is 4.68. The van der Waals surface area contributed by atoms with Crippen LogP contribution in [-0.4, -0.2) is 35.7 Å². The Hall–Kier alpha value is -1.32. The number of halogens is 5. The fraction of sp³-hybridized carbons (Fsp3) is 0.500. The van der Waals surface area contributed by atoms with Gasteiger partial charge >= 0.3 is 18.1 Å². The first-order valence-electron chi connectivity index (χ1n) is 4.32. The van der Waals surface area contributed by atoms with Gasteiger partial charge in [0.1, 0.15) is 5.69 Å². The van der Waals surface area contributed by atoms with E-state index in [1.54, 1.807) is 5.10 Å². The van der Waals surface area contributed by atoms with Crippen molar-refractivity contribution in [1.82, 2.24) is 10.2 Å². The summed E-state index contributed by atoms with van der Waals surface area (Å²) >= 11 is 0.541. The molecule has 0 fully saturated rings. The minimum atomic E-state index is -5.78. The third-order valence-electron chi connectivity index (χ3n) is 1.97. The molecule has 4 nitrogen and oxygen atoms in total. The Balaban J connectivity index is 3.36. The standard InChI is InChI=1S/C8H7F5N2O2S/c1-17-6(16)3-4(18-2)5(15-14-3)7(9,10)8(11,12)13/h1-2H3,(H,14,15). The highest BCUT2D eigenvalue weighted by atomic mass is 32.2. The summed E-state index contributed by atoms with van der Waals surface area (Å²) in [5.74, 6) is -6.22. The largest absolute Gasteiger partial charge is 0.464 e. The molecule has 0 aliphatic rings. The molecule has 1 rings (SSSR count). The quantitative estimate of drug-likeness (QED) is 0.528. The molecule has 102 valence electrons. The van der Waals surface area contributed by atoms with Gasteiger partial charge in [0.25, 0.3) is 0 Å². The molecule has 0 aromatic carbocycles. The molecule has 0 spiro atoms. The second-order valence-corrected chi connectivity index (χ2v) is 3.86. The Kier molecular flexibility index (Phi) is 3.89. The molecule has 0 aliphatic carbocycles. The van der Waals surface area contributed by atoms with E-state index >= 15 is 0 Å². The first kappa shape index (κ1) is 14.7. The minimum absolute atomic E-state index is 0.541. The van der Waals surface area contributed by atoms with Gasteiger partial charge in [0.2, 0.25) is 0 Å². The number of hydrogen-bond acceptors (Lipinski definition) is 4. The summed E-state index contributed by atoms with van der Waals surface area (Å²) in [5.41, 5.74) is -2.08. The van der Waals surface area contributed by atoms with Crippen LogP contribution < -0.4 is 0 Å². The van der Waals surface area contributed by atoms with Crippen LogP contribution in [0.3, 0.4) is 0 Å². The summed E-state index contributed by atoms with van der Waals surface area (Å²) in [6.45, 7) is 0. The summed E-state index contributed by atoms with van der Waals surface area (Å²) < 4.78 is 67.1. The normalized spacial score (nSPS) is 12.6. The zero-order chi connectivity index (χ0) is 14.1. The van der Waals surface area contributed by atoms with Gasteiger partial charge in [-0.15, -0.1) is 11.8 Å². The average molecular weight is 290 g/mol. The Morgan fingerprint density at radius 3 is 2.28 bits per heavy atom. The zero-order valence-corrected chi connectivity index (χ0v) is 9.88. The van der Waals surface area contributed by atoms with E-state index in [-0.39, 0.29) is 0 Å². The third kappa shape index (κ3) is 2.28. The minimum Gasteiger partial charge on any atom is -0.464 e. The Labute approximate surface area is 102 Å². The van der Waals surface area contributed by atoms with Crippen LogP contribution in [0.15, 0.2) is 4.90 Å². The lowest BCUT2D eigenvalue weighted by Gasteiger charge is -2.18. The van der Waals surface area contributed by atoms with Crippen molar-refractivity contribution in [2.24, 2.45) is 0 Å². The Bertz CT molecular complexity index is 457. The van der Waals surface area contributed by atoms with E-state index in [1.165, 1.54) is 6.26 Å². The van der Waals surface area contributed by atoms with E-state index in [2.05, 4.69) is 9.84 Å². The first-order chi connectivity index (χ1) is 8.16. The van der Waals surface area contributed by atoms with Gasteiger partial charge in [-0.25, -0.2) is 4.79 Å². The molecule has 1 N–H and O–H groups in total.